The van der Waals surface area contributed by atoms with Crippen molar-refractivity contribution in [1.82, 2.24) is 14.9 Å². The molecular weight excluding hydrogens is 316 g/mol. The first kappa shape index (κ1) is 15.9. The van der Waals surface area contributed by atoms with Crippen molar-refractivity contribution in [3.05, 3.63) is 52.6 Å². The number of hydrogen-bond donors (Lipinski definition) is 1. The highest BCUT2D eigenvalue weighted by Crippen LogP contribution is 2.44. The molecule has 0 bridgehead atoms. The van der Waals surface area contributed by atoms with E-state index in [2.05, 4.69) is 28.7 Å². The van der Waals surface area contributed by atoms with Crippen LogP contribution in [0.15, 0.2) is 24.5 Å². The molecule has 2 aromatic heterocycles. The van der Waals surface area contributed by atoms with Crippen LogP contribution >= 0.6 is 0 Å². The van der Waals surface area contributed by atoms with Crippen molar-refractivity contribution in [2.45, 2.75) is 33.4 Å². The number of nitrogens with zero attached hydrogens (tertiary/aromatic N) is 4. The van der Waals surface area contributed by atoms with Crippen molar-refractivity contribution < 1.29 is 9.90 Å². The van der Waals surface area contributed by atoms with Crippen molar-refractivity contribution in [1.29, 1.82) is 0 Å². The summed E-state index contributed by atoms with van der Waals surface area (Å²) in [5.74, 6) is 0.278. The molecule has 0 spiro atoms. The Labute approximate surface area is 147 Å². The molecule has 4 heterocycles. The lowest BCUT2D eigenvalue weighted by Crippen LogP contribution is -2.52. The molecule has 4 rings (SSSR count). The van der Waals surface area contributed by atoms with Gasteiger partial charge in [0.1, 0.15) is 0 Å². The SMILES string of the molecule is Cc1nc2c(c(C)c1C)C(C1CN(c3cccnc3)C1)N(C(=O)O)C2. The van der Waals surface area contributed by atoms with Gasteiger partial charge in [-0.15, -0.1) is 0 Å². The molecule has 2 aliphatic heterocycles. The molecule has 1 N–H and O–H groups in total. The number of anilines is 1. The van der Waals surface area contributed by atoms with Gasteiger partial charge in [0.2, 0.25) is 0 Å². The highest BCUT2D eigenvalue weighted by molar-refractivity contribution is 5.68. The second-order valence-corrected chi connectivity index (χ2v) is 7.04. The fourth-order valence-corrected chi connectivity index (χ4v) is 4.11. The lowest BCUT2D eigenvalue weighted by Gasteiger charge is -2.45. The summed E-state index contributed by atoms with van der Waals surface area (Å²) in [5.41, 5.74) is 6.49. The molecule has 0 aliphatic carbocycles. The number of aryl methyl sites for hydroxylation is 1. The molecule has 2 aromatic rings. The van der Waals surface area contributed by atoms with Crippen molar-refractivity contribution in [2.75, 3.05) is 18.0 Å². The molecule has 6 nitrogen and oxygen atoms in total. The average molecular weight is 338 g/mol. The van der Waals surface area contributed by atoms with Crippen LogP contribution in [0.1, 0.15) is 34.1 Å². The molecular formula is C19H22N4O2. The van der Waals surface area contributed by atoms with Crippen LogP contribution in [-0.2, 0) is 6.54 Å². The van der Waals surface area contributed by atoms with Gasteiger partial charge in [-0.05, 0) is 44.0 Å². The summed E-state index contributed by atoms with van der Waals surface area (Å²) < 4.78 is 0. The standard InChI is InChI=1S/C19H22N4O2/c1-11-12(2)17-16(21-13(11)3)10-23(19(24)25)18(17)14-8-22(9-14)15-5-4-6-20-7-15/h4-7,14,18H,8-10H2,1-3H3,(H,24,25). The van der Waals surface area contributed by atoms with Gasteiger partial charge in [-0.1, -0.05) is 0 Å². The van der Waals surface area contributed by atoms with E-state index in [0.717, 1.165) is 35.7 Å². The van der Waals surface area contributed by atoms with E-state index in [1.54, 1.807) is 11.1 Å². The number of carbonyl (C=O) groups is 1. The highest BCUT2D eigenvalue weighted by Gasteiger charge is 2.45. The van der Waals surface area contributed by atoms with E-state index in [1.165, 1.54) is 11.1 Å². The Morgan fingerprint density at radius 3 is 2.64 bits per heavy atom. The van der Waals surface area contributed by atoms with E-state index in [9.17, 15) is 9.90 Å². The van der Waals surface area contributed by atoms with Crippen LogP contribution in [0, 0.1) is 26.7 Å². The molecule has 1 fully saturated rings. The van der Waals surface area contributed by atoms with Gasteiger partial charge in [0.05, 0.1) is 30.2 Å². The second kappa shape index (κ2) is 5.72. The van der Waals surface area contributed by atoms with Gasteiger partial charge in [-0.3, -0.25) is 14.9 Å². The van der Waals surface area contributed by atoms with Crippen LogP contribution in [0.5, 0.6) is 0 Å². The minimum Gasteiger partial charge on any atom is -0.465 e. The van der Waals surface area contributed by atoms with Gasteiger partial charge < -0.3 is 10.0 Å². The van der Waals surface area contributed by atoms with Gasteiger partial charge in [-0.2, -0.15) is 0 Å². The maximum atomic E-state index is 11.8. The summed E-state index contributed by atoms with van der Waals surface area (Å²) in [6.07, 6.45) is 2.76. The highest BCUT2D eigenvalue weighted by atomic mass is 16.4. The smallest absolute Gasteiger partial charge is 0.408 e. The van der Waals surface area contributed by atoms with Crippen molar-refractivity contribution >= 4 is 11.8 Å². The van der Waals surface area contributed by atoms with Crippen LogP contribution in [0.2, 0.25) is 0 Å². The Kier molecular flexibility index (Phi) is 3.63. The third-order valence-electron chi connectivity index (χ3n) is 5.69. The zero-order chi connectivity index (χ0) is 17.7. The number of rotatable bonds is 2. The molecule has 2 aliphatic rings. The van der Waals surface area contributed by atoms with Crippen molar-refractivity contribution in [3.63, 3.8) is 0 Å². The number of pyridine rings is 2. The van der Waals surface area contributed by atoms with Crippen LogP contribution in [-0.4, -0.2) is 39.2 Å². The molecule has 1 saturated heterocycles. The summed E-state index contributed by atoms with van der Waals surface area (Å²) in [7, 11) is 0. The Balaban J connectivity index is 1.65. The molecule has 1 amide bonds. The predicted molar refractivity (Wildman–Crippen MR) is 94.7 cm³/mol. The Bertz CT molecular complexity index is 831. The number of hydrogen-bond acceptors (Lipinski definition) is 4. The van der Waals surface area contributed by atoms with E-state index in [-0.39, 0.29) is 12.0 Å². The Morgan fingerprint density at radius 2 is 2.00 bits per heavy atom. The van der Waals surface area contributed by atoms with E-state index in [1.807, 2.05) is 25.3 Å². The fourth-order valence-electron chi connectivity index (χ4n) is 4.11. The first-order valence-corrected chi connectivity index (χ1v) is 8.58. The topological polar surface area (TPSA) is 69.6 Å². The van der Waals surface area contributed by atoms with Crippen molar-refractivity contribution in [2.24, 2.45) is 5.92 Å². The summed E-state index contributed by atoms with van der Waals surface area (Å²) in [6, 6.07) is 3.87. The Hall–Kier alpha value is -2.63. The van der Waals surface area contributed by atoms with Crippen LogP contribution in [0.3, 0.4) is 0 Å². The monoisotopic (exact) mass is 338 g/mol. The lowest BCUT2D eigenvalue weighted by molar-refractivity contribution is 0.102. The molecule has 130 valence electrons. The van der Waals surface area contributed by atoms with E-state index >= 15 is 0 Å². The third-order valence-corrected chi connectivity index (χ3v) is 5.69. The van der Waals surface area contributed by atoms with Crippen LogP contribution < -0.4 is 4.90 Å². The van der Waals surface area contributed by atoms with Gasteiger partial charge in [0.25, 0.3) is 0 Å². The summed E-state index contributed by atoms with van der Waals surface area (Å²) >= 11 is 0. The number of carboxylic acid groups (broad SMARTS) is 1. The van der Waals surface area contributed by atoms with Gasteiger partial charge >= 0.3 is 6.09 Å². The van der Waals surface area contributed by atoms with Crippen LogP contribution in [0.4, 0.5) is 10.5 Å². The molecule has 0 aromatic carbocycles. The molecule has 25 heavy (non-hydrogen) atoms. The molecule has 1 unspecified atom stereocenters. The fraction of sp³-hybridized carbons (Fsp3) is 0.421. The van der Waals surface area contributed by atoms with E-state index < -0.39 is 6.09 Å². The third kappa shape index (κ3) is 2.44. The minimum absolute atomic E-state index is 0.104. The first-order valence-electron chi connectivity index (χ1n) is 8.58. The largest absolute Gasteiger partial charge is 0.465 e. The maximum absolute atomic E-state index is 11.8. The summed E-state index contributed by atoms with van der Waals surface area (Å²) in [5, 5.41) is 9.71. The maximum Gasteiger partial charge on any atom is 0.408 e. The Morgan fingerprint density at radius 1 is 1.24 bits per heavy atom. The van der Waals surface area contributed by atoms with Gasteiger partial charge in [-0.25, -0.2) is 4.79 Å². The van der Waals surface area contributed by atoms with E-state index in [4.69, 9.17) is 0 Å². The zero-order valence-electron chi connectivity index (χ0n) is 14.7. The molecule has 0 saturated carbocycles. The summed E-state index contributed by atoms with van der Waals surface area (Å²) in [4.78, 5) is 24.5. The first-order chi connectivity index (χ1) is 12.0. The quantitative estimate of drug-likeness (QED) is 0.911. The number of aromatic nitrogens is 2. The second-order valence-electron chi connectivity index (χ2n) is 7.04. The van der Waals surface area contributed by atoms with Gasteiger partial charge in [0.15, 0.2) is 0 Å². The number of amides is 1. The molecule has 1 atom stereocenters. The lowest BCUT2D eigenvalue weighted by atomic mass is 9.84. The molecule has 0 radical (unpaired) electrons. The van der Waals surface area contributed by atoms with Gasteiger partial charge in [0, 0.05) is 36.5 Å². The predicted octanol–water partition coefficient (Wildman–Crippen LogP) is 3.07. The van der Waals surface area contributed by atoms with Crippen molar-refractivity contribution in [3.8, 4) is 0 Å². The molecule has 6 heteroatoms. The van der Waals surface area contributed by atoms with Crippen LogP contribution in [0.25, 0.3) is 0 Å². The summed E-state index contributed by atoms with van der Waals surface area (Å²) in [6.45, 7) is 8.23. The number of fused-ring (bicyclic) bond motifs is 1. The van der Waals surface area contributed by atoms with E-state index in [0.29, 0.717) is 6.54 Å². The average Bonchev–Trinajstić information content (AvgIpc) is 2.92. The zero-order valence-corrected chi connectivity index (χ0v) is 14.7. The minimum atomic E-state index is -0.863. The normalized spacial score (nSPS) is 19.7.